The smallest absolute Gasteiger partial charge is 0.263 e. The minimum absolute atomic E-state index is 0.0536. The highest BCUT2D eigenvalue weighted by Gasteiger charge is 2.34. The van der Waals surface area contributed by atoms with Gasteiger partial charge in [-0.3, -0.25) is 9.10 Å². The average Bonchev–Trinajstić information content (AvgIpc) is 2.72. The Hall–Kier alpha value is -2.74. The Bertz CT molecular complexity index is 1000. The molecule has 0 bridgehead atoms. The molecule has 1 unspecified atom stereocenters. The van der Waals surface area contributed by atoms with E-state index >= 15 is 0 Å². The van der Waals surface area contributed by atoms with E-state index in [1.807, 2.05) is 37.3 Å². The van der Waals surface area contributed by atoms with Crippen LogP contribution in [0.25, 0.3) is 0 Å². The SMILES string of the molecule is CCN(CC)c1ccc(CNC(=O)C2CN(S(C)(=O)=O)c3cc(C)ccc3O2)cc1. The molecule has 0 saturated heterocycles. The van der Waals surface area contributed by atoms with E-state index in [2.05, 4.69) is 24.1 Å². The van der Waals surface area contributed by atoms with Crippen molar-refractivity contribution in [2.75, 3.05) is 35.1 Å². The Morgan fingerprint density at radius 2 is 1.83 bits per heavy atom. The van der Waals surface area contributed by atoms with Crippen molar-refractivity contribution >= 4 is 27.3 Å². The fourth-order valence-electron chi connectivity index (χ4n) is 3.53. The largest absolute Gasteiger partial charge is 0.476 e. The molecule has 2 aromatic rings. The van der Waals surface area contributed by atoms with Crippen LogP contribution in [0.15, 0.2) is 42.5 Å². The second-order valence-electron chi connectivity index (χ2n) is 7.43. The molecule has 1 atom stereocenters. The zero-order valence-corrected chi connectivity index (χ0v) is 18.7. The van der Waals surface area contributed by atoms with Crippen molar-refractivity contribution in [3.8, 4) is 5.75 Å². The van der Waals surface area contributed by atoms with Crippen molar-refractivity contribution in [2.45, 2.75) is 33.4 Å². The summed E-state index contributed by atoms with van der Waals surface area (Å²) in [5, 5.41) is 2.86. The van der Waals surface area contributed by atoms with Crippen molar-refractivity contribution in [1.82, 2.24) is 5.32 Å². The number of anilines is 2. The van der Waals surface area contributed by atoms with Gasteiger partial charge in [-0.25, -0.2) is 8.42 Å². The van der Waals surface area contributed by atoms with E-state index in [4.69, 9.17) is 4.74 Å². The van der Waals surface area contributed by atoms with Gasteiger partial charge in [-0.05, 0) is 56.2 Å². The predicted octanol–water partition coefficient (Wildman–Crippen LogP) is 2.68. The van der Waals surface area contributed by atoms with Crippen molar-refractivity contribution in [1.29, 1.82) is 0 Å². The van der Waals surface area contributed by atoms with Crippen LogP contribution in [0, 0.1) is 6.92 Å². The molecule has 1 amide bonds. The van der Waals surface area contributed by atoms with Gasteiger partial charge in [-0.1, -0.05) is 18.2 Å². The molecule has 3 rings (SSSR count). The highest BCUT2D eigenvalue weighted by molar-refractivity contribution is 7.92. The number of hydrogen-bond donors (Lipinski definition) is 1. The molecule has 162 valence electrons. The minimum atomic E-state index is -3.54. The molecule has 1 aliphatic heterocycles. The second kappa shape index (κ2) is 8.95. The fraction of sp³-hybridized carbons (Fsp3) is 0.409. The lowest BCUT2D eigenvalue weighted by Gasteiger charge is -2.34. The van der Waals surface area contributed by atoms with Crippen molar-refractivity contribution in [3.05, 3.63) is 53.6 Å². The van der Waals surface area contributed by atoms with Crippen LogP contribution in [0.5, 0.6) is 5.75 Å². The maximum atomic E-state index is 12.7. The van der Waals surface area contributed by atoms with Crippen molar-refractivity contribution in [2.24, 2.45) is 0 Å². The number of carbonyl (C=O) groups is 1. The number of rotatable bonds is 7. The van der Waals surface area contributed by atoms with Gasteiger partial charge >= 0.3 is 0 Å². The fourth-order valence-corrected chi connectivity index (χ4v) is 4.43. The van der Waals surface area contributed by atoms with Crippen molar-refractivity contribution < 1.29 is 17.9 Å². The molecular formula is C22H29N3O4S. The third-order valence-electron chi connectivity index (χ3n) is 5.21. The Labute approximate surface area is 178 Å². The Morgan fingerprint density at radius 1 is 1.17 bits per heavy atom. The number of carbonyl (C=O) groups excluding carboxylic acids is 1. The maximum absolute atomic E-state index is 12.7. The number of amides is 1. The summed E-state index contributed by atoms with van der Waals surface area (Å²) in [6.45, 7) is 8.26. The highest BCUT2D eigenvalue weighted by atomic mass is 32.2. The molecule has 30 heavy (non-hydrogen) atoms. The first kappa shape index (κ1) is 22.0. The Kier molecular flexibility index (Phi) is 6.55. The van der Waals surface area contributed by atoms with Gasteiger partial charge in [0.2, 0.25) is 10.0 Å². The first-order chi connectivity index (χ1) is 14.2. The monoisotopic (exact) mass is 431 g/mol. The summed E-state index contributed by atoms with van der Waals surface area (Å²) in [5.41, 5.74) is 3.49. The van der Waals surface area contributed by atoms with Gasteiger partial charge in [0.15, 0.2) is 6.10 Å². The quantitative estimate of drug-likeness (QED) is 0.729. The number of benzene rings is 2. The van der Waals surface area contributed by atoms with Crippen LogP contribution in [-0.4, -0.2) is 46.3 Å². The lowest BCUT2D eigenvalue weighted by Crippen LogP contribution is -2.50. The summed E-state index contributed by atoms with van der Waals surface area (Å²) in [6.07, 6.45) is 0.224. The first-order valence-electron chi connectivity index (χ1n) is 10.1. The molecular weight excluding hydrogens is 402 g/mol. The van der Waals surface area contributed by atoms with Gasteiger partial charge in [-0.15, -0.1) is 0 Å². The normalized spacial score (nSPS) is 15.9. The van der Waals surface area contributed by atoms with Crippen LogP contribution >= 0.6 is 0 Å². The number of hydrogen-bond acceptors (Lipinski definition) is 5. The lowest BCUT2D eigenvalue weighted by atomic mass is 10.1. The molecule has 0 radical (unpaired) electrons. The number of ether oxygens (including phenoxy) is 1. The standard InChI is InChI=1S/C22H29N3O4S/c1-5-24(6-2)18-10-8-17(9-11-18)14-23-22(26)21-15-25(30(4,27)28)19-13-16(3)7-12-20(19)29-21/h7-13,21H,5-6,14-15H2,1-4H3,(H,23,26). The number of fused-ring (bicyclic) bond motifs is 1. The first-order valence-corrected chi connectivity index (χ1v) is 11.9. The molecule has 1 aliphatic rings. The zero-order chi connectivity index (χ0) is 21.9. The molecule has 1 heterocycles. The second-order valence-corrected chi connectivity index (χ2v) is 9.34. The molecule has 0 spiro atoms. The number of aryl methyl sites for hydroxylation is 1. The maximum Gasteiger partial charge on any atom is 0.263 e. The summed E-state index contributed by atoms with van der Waals surface area (Å²) in [5.74, 6) is 0.0451. The summed E-state index contributed by atoms with van der Waals surface area (Å²) < 4.78 is 31.6. The lowest BCUT2D eigenvalue weighted by molar-refractivity contribution is -0.127. The van der Waals surface area contributed by atoms with Crippen LogP contribution in [0.4, 0.5) is 11.4 Å². The van der Waals surface area contributed by atoms with Gasteiger partial charge < -0.3 is 15.0 Å². The molecule has 0 saturated carbocycles. The Morgan fingerprint density at radius 3 is 2.43 bits per heavy atom. The van der Waals surface area contributed by atoms with Gasteiger partial charge in [0.25, 0.3) is 5.91 Å². The average molecular weight is 432 g/mol. The molecule has 1 N–H and O–H groups in total. The van der Waals surface area contributed by atoms with Crippen LogP contribution < -0.4 is 19.3 Å². The van der Waals surface area contributed by atoms with E-state index in [1.54, 1.807) is 12.1 Å². The van der Waals surface area contributed by atoms with E-state index in [1.165, 1.54) is 4.31 Å². The van der Waals surface area contributed by atoms with Gasteiger partial charge in [0.1, 0.15) is 5.75 Å². The number of nitrogens with zero attached hydrogens (tertiary/aromatic N) is 2. The highest BCUT2D eigenvalue weighted by Crippen LogP contribution is 2.35. The topological polar surface area (TPSA) is 79.0 Å². The summed E-state index contributed by atoms with van der Waals surface area (Å²) in [4.78, 5) is 15.0. The summed E-state index contributed by atoms with van der Waals surface area (Å²) >= 11 is 0. The molecule has 2 aromatic carbocycles. The molecule has 0 fully saturated rings. The Balaban J connectivity index is 1.69. The van der Waals surface area contributed by atoms with E-state index in [9.17, 15) is 13.2 Å². The third-order valence-corrected chi connectivity index (χ3v) is 6.35. The van der Waals surface area contributed by atoms with Crippen molar-refractivity contribution in [3.63, 3.8) is 0 Å². The third kappa shape index (κ3) is 4.87. The van der Waals surface area contributed by atoms with E-state index in [0.717, 1.165) is 36.2 Å². The van der Waals surface area contributed by atoms with Gasteiger partial charge in [-0.2, -0.15) is 0 Å². The summed E-state index contributed by atoms with van der Waals surface area (Å²) in [6, 6.07) is 13.3. The minimum Gasteiger partial charge on any atom is -0.476 e. The molecule has 8 heteroatoms. The molecule has 0 aromatic heterocycles. The van der Waals surface area contributed by atoms with Crippen LogP contribution in [-0.2, 0) is 21.4 Å². The summed E-state index contributed by atoms with van der Waals surface area (Å²) in [7, 11) is -3.54. The van der Waals surface area contributed by atoms with Gasteiger partial charge in [0, 0.05) is 25.3 Å². The number of sulfonamides is 1. The van der Waals surface area contributed by atoms with Crippen LogP contribution in [0.2, 0.25) is 0 Å². The predicted molar refractivity (Wildman–Crippen MR) is 120 cm³/mol. The zero-order valence-electron chi connectivity index (χ0n) is 17.9. The van der Waals surface area contributed by atoms with E-state index in [0.29, 0.717) is 18.0 Å². The van der Waals surface area contributed by atoms with Crippen LogP contribution in [0.1, 0.15) is 25.0 Å². The van der Waals surface area contributed by atoms with Gasteiger partial charge in [0.05, 0.1) is 18.5 Å². The van der Waals surface area contributed by atoms with Crippen LogP contribution in [0.3, 0.4) is 0 Å². The van der Waals surface area contributed by atoms with E-state index < -0.39 is 16.1 Å². The number of nitrogens with one attached hydrogen (secondary N) is 1. The molecule has 0 aliphatic carbocycles. The molecule has 7 nitrogen and oxygen atoms in total. The van der Waals surface area contributed by atoms with E-state index in [-0.39, 0.29) is 12.5 Å².